The zero-order chi connectivity index (χ0) is 10.4. The minimum atomic E-state index is -0.0857. The maximum absolute atomic E-state index is 11.2. The molecule has 1 rings (SSSR count). The monoisotopic (exact) mass is 197 g/mol. The highest BCUT2D eigenvalue weighted by atomic mass is 16.1. The van der Waals surface area contributed by atoms with E-state index in [-0.39, 0.29) is 11.8 Å². The summed E-state index contributed by atoms with van der Waals surface area (Å²) in [5.41, 5.74) is 5.40. The maximum Gasteiger partial charge on any atom is 0.220 e. The first-order valence-electron chi connectivity index (χ1n) is 6.03. The number of nitrogens with two attached hydrogens (primary N) is 1. The van der Waals surface area contributed by atoms with Crippen molar-refractivity contribution < 1.29 is 4.79 Å². The van der Waals surface area contributed by atoms with Crippen molar-refractivity contribution in [3.8, 4) is 0 Å². The second kappa shape index (κ2) is 6.05. The second-order valence-corrected chi connectivity index (χ2v) is 4.63. The molecule has 1 aliphatic rings. The van der Waals surface area contributed by atoms with Crippen molar-refractivity contribution in [2.75, 3.05) is 0 Å². The fourth-order valence-electron chi connectivity index (χ4n) is 2.55. The molecule has 0 heterocycles. The second-order valence-electron chi connectivity index (χ2n) is 4.63. The standard InChI is InChI=1S/C12H23NO/c1-2-6-11(12(13)14)9-10-7-4-3-5-8-10/h10-11H,2-9H2,1H3,(H2,13,14). The number of carbonyl (C=O) groups is 1. The van der Waals surface area contributed by atoms with Crippen molar-refractivity contribution in [2.24, 2.45) is 17.6 Å². The molecule has 1 saturated carbocycles. The number of carbonyl (C=O) groups excluding carboxylic acids is 1. The summed E-state index contributed by atoms with van der Waals surface area (Å²) in [7, 11) is 0. The zero-order valence-corrected chi connectivity index (χ0v) is 9.30. The molecule has 1 fully saturated rings. The van der Waals surface area contributed by atoms with Crippen molar-refractivity contribution in [1.82, 2.24) is 0 Å². The minimum Gasteiger partial charge on any atom is -0.369 e. The van der Waals surface area contributed by atoms with Crippen LogP contribution in [-0.2, 0) is 4.79 Å². The molecule has 0 aliphatic heterocycles. The van der Waals surface area contributed by atoms with Crippen LogP contribution in [-0.4, -0.2) is 5.91 Å². The van der Waals surface area contributed by atoms with E-state index in [0.29, 0.717) is 0 Å². The van der Waals surface area contributed by atoms with Crippen LogP contribution in [0.1, 0.15) is 58.3 Å². The van der Waals surface area contributed by atoms with E-state index in [4.69, 9.17) is 5.73 Å². The first kappa shape index (κ1) is 11.5. The Morgan fingerprint density at radius 2 is 2.00 bits per heavy atom. The van der Waals surface area contributed by atoms with Gasteiger partial charge in [-0.1, -0.05) is 45.4 Å². The molecule has 0 bridgehead atoms. The van der Waals surface area contributed by atoms with Gasteiger partial charge in [-0.3, -0.25) is 4.79 Å². The summed E-state index contributed by atoms with van der Waals surface area (Å²) < 4.78 is 0. The molecule has 2 heteroatoms. The van der Waals surface area contributed by atoms with Gasteiger partial charge in [0.25, 0.3) is 0 Å². The summed E-state index contributed by atoms with van der Waals surface area (Å²) in [4.78, 5) is 11.2. The topological polar surface area (TPSA) is 43.1 Å². The molecule has 1 amide bonds. The van der Waals surface area contributed by atoms with E-state index in [1.807, 2.05) is 0 Å². The molecule has 0 radical (unpaired) electrons. The largest absolute Gasteiger partial charge is 0.369 e. The zero-order valence-electron chi connectivity index (χ0n) is 9.30. The summed E-state index contributed by atoms with van der Waals surface area (Å²) >= 11 is 0. The molecule has 0 spiro atoms. The van der Waals surface area contributed by atoms with Crippen molar-refractivity contribution in [2.45, 2.75) is 58.3 Å². The van der Waals surface area contributed by atoms with Crippen LogP contribution in [0.15, 0.2) is 0 Å². The Kier molecular flexibility index (Phi) is 4.99. The predicted molar refractivity (Wildman–Crippen MR) is 58.8 cm³/mol. The highest BCUT2D eigenvalue weighted by Gasteiger charge is 2.21. The molecule has 1 aliphatic carbocycles. The normalized spacial score (nSPS) is 20.6. The highest BCUT2D eigenvalue weighted by molar-refractivity contribution is 5.76. The van der Waals surface area contributed by atoms with E-state index < -0.39 is 0 Å². The van der Waals surface area contributed by atoms with Crippen LogP contribution in [0.3, 0.4) is 0 Å². The SMILES string of the molecule is CCCC(CC1CCCCC1)C(N)=O. The molecular weight excluding hydrogens is 174 g/mol. The predicted octanol–water partition coefficient (Wildman–Crippen LogP) is 2.86. The van der Waals surface area contributed by atoms with Gasteiger partial charge in [-0.05, 0) is 18.8 Å². The van der Waals surface area contributed by atoms with Gasteiger partial charge in [0, 0.05) is 5.92 Å². The van der Waals surface area contributed by atoms with E-state index in [0.717, 1.165) is 25.2 Å². The number of hydrogen-bond acceptors (Lipinski definition) is 1. The molecule has 0 aromatic carbocycles. The molecule has 2 N–H and O–H groups in total. The molecule has 82 valence electrons. The van der Waals surface area contributed by atoms with Crippen LogP contribution in [0.4, 0.5) is 0 Å². The third-order valence-corrected chi connectivity index (χ3v) is 3.38. The van der Waals surface area contributed by atoms with Crippen LogP contribution >= 0.6 is 0 Å². The Morgan fingerprint density at radius 3 is 2.50 bits per heavy atom. The third-order valence-electron chi connectivity index (χ3n) is 3.38. The molecule has 14 heavy (non-hydrogen) atoms. The summed E-state index contributed by atoms with van der Waals surface area (Å²) in [5, 5.41) is 0. The maximum atomic E-state index is 11.2. The lowest BCUT2D eigenvalue weighted by Gasteiger charge is -2.24. The Labute approximate surface area is 87.2 Å². The van der Waals surface area contributed by atoms with Gasteiger partial charge >= 0.3 is 0 Å². The van der Waals surface area contributed by atoms with E-state index in [2.05, 4.69) is 6.92 Å². The Bertz CT molecular complexity index is 173. The summed E-state index contributed by atoms with van der Waals surface area (Å²) in [6.45, 7) is 2.12. The van der Waals surface area contributed by atoms with Crippen LogP contribution in [0, 0.1) is 11.8 Å². The minimum absolute atomic E-state index is 0.0857. The average Bonchev–Trinajstić information content (AvgIpc) is 2.18. The van der Waals surface area contributed by atoms with Crippen LogP contribution < -0.4 is 5.73 Å². The summed E-state index contributed by atoms with van der Waals surface area (Å²) in [6, 6.07) is 0. The van der Waals surface area contributed by atoms with Crippen molar-refractivity contribution >= 4 is 5.91 Å². The summed E-state index contributed by atoms with van der Waals surface area (Å²) in [5.74, 6) is 0.827. The van der Waals surface area contributed by atoms with Gasteiger partial charge in [0.1, 0.15) is 0 Å². The molecule has 2 nitrogen and oxygen atoms in total. The van der Waals surface area contributed by atoms with Crippen LogP contribution in [0.5, 0.6) is 0 Å². The highest BCUT2D eigenvalue weighted by Crippen LogP contribution is 2.30. The molecule has 0 saturated heterocycles. The quantitative estimate of drug-likeness (QED) is 0.723. The van der Waals surface area contributed by atoms with E-state index in [9.17, 15) is 4.79 Å². The van der Waals surface area contributed by atoms with Gasteiger partial charge in [-0.2, -0.15) is 0 Å². The van der Waals surface area contributed by atoms with Gasteiger partial charge in [0.2, 0.25) is 5.91 Å². The van der Waals surface area contributed by atoms with Crippen molar-refractivity contribution in [3.05, 3.63) is 0 Å². The van der Waals surface area contributed by atoms with Gasteiger partial charge < -0.3 is 5.73 Å². The van der Waals surface area contributed by atoms with Crippen LogP contribution in [0.25, 0.3) is 0 Å². The number of amides is 1. The average molecular weight is 197 g/mol. The van der Waals surface area contributed by atoms with Gasteiger partial charge in [-0.25, -0.2) is 0 Å². The van der Waals surface area contributed by atoms with E-state index in [1.165, 1.54) is 32.1 Å². The Hall–Kier alpha value is -0.530. The Morgan fingerprint density at radius 1 is 1.36 bits per heavy atom. The molecule has 0 aromatic heterocycles. The van der Waals surface area contributed by atoms with Gasteiger partial charge in [0.05, 0.1) is 0 Å². The lowest BCUT2D eigenvalue weighted by molar-refractivity contribution is -0.122. The number of rotatable bonds is 5. The van der Waals surface area contributed by atoms with Crippen molar-refractivity contribution in [3.63, 3.8) is 0 Å². The summed E-state index contributed by atoms with van der Waals surface area (Å²) in [6.07, 6.45) is 9.80. The number of primary amides is 1. The smallest absolute Gasteiger partial charge is 0.220 e. The third kappa shape index (κ3) is 3.69. The van der Waals surface area contributed by atoms with E-state index in [1.54, 1.807) is 0 Å². The molecular formula is C12H23NO. The first-order chi connectivity index (χ1) is 6.74. The first-order valence-corrected chi connectivity index (χ1v) is 6.03. The van der Waals surface area contributed by atoms with Gasteiger partial charge in [-0.15, -0.1) is 0 Å². The molecule has 0 aromatic rings. The molecule has 1 atom stereocenters. The number of hydrogen-bond donors (Lipinski definition) is 1. The van der Waals surface area contributed by atoms with E-state index >= 15 is 0 Å². The lowest BCUT2D eigenvalue weighted by atomic mass is 9.81. The Balaban J connectivity index is 2.33. The van der Waals surface area contributed by atoms with Gasteiger partial charge in [0.15, 0.2) is 0 Å². The lowest BCUT2D eigenvalue weighted by Crippen LogP contribution is -2.26. The molecule has 1 unspecified atom stereocenters. The van der Waals surface area contributed by atoms with Crippen molar-refractivity contribution in [1.29, 1.82) is 0 Å². The van der Waals surface area contributed by atoms with Crippen LogP contribution in [0.2, 0.25) is 0 Å². The fraction of sp³-hybridized carbons (Fsp3) is 0.917. The fourth-order valence-corrected chi connectivity index (χ4v) is 2.55.